The first-order chi connectivity index (χ1) is 8.69. The molecule has 2 atom stereocenters. The number of aryl methyl sites for hydroxylation is 1. The highest BCUT2D eigenvalue weighted by Gasteiger charge is 2.23. The molecule has 1 heterocycles. The topological polar surface area (TPSA) is 38.5 Å². The second-order valence-corrected chi connectivity index (χ2v) is 5.17. The van der Waals surface area contributed by atoms with E-state index in [-0.39, 0.29) is 12.1 Å². The summed E-state index contributed by atoms with van der Waals surface area (Å²) in [7, 11) is 0. The molecular formula is C15H24N2O. The molecule has 3 nitrogen and oxygen atoms in total. The third-order valence-corrected chi connectivity index (χ3v) is 3.60. The van der Waals surface area contributed by atoms with Gasteiger partial charge in [-0.3, -0.25) is 4.90 Å². The molecule has 1 fully saturated rings. The van der Waals surface area contributed by atoms with Crippen molar-refractivity contribution in [1.29, 1.82) is 0 Å². The van der Waals surface area contributed by atoms with Gasteiger partial charge in [-0.15, -0.1) is 0 Å². The Morgan fingerprint density at radius 1 is 1.33 bits per heavy atom. The highest BCUT2D eigenvalue weighted by molar-refractivity contribution is 5.22. The highest BCUT2D eigenvalue weighted by Crippen LogP contribution is 2.13. The van der Waals surface area contributed by atoms with Gasteiger partial charge in [0.25, 0.3) is 0 Å². The first kappa shape index (κ1) is 13.5. The molecule has 0 saturated carbocycles. The lowest BCUT2D eigenvalue weighted by atomic mass is 10.1. The van der Waals surface area contributed by atoms with Crippen LogP contribution in [0.5, 0.6) is 0 Å². The Balaban J connectivity index is 1.91. The Kier molecular flexibility index (Phi) is 4.75. The van der Waals surface area contributed by atoms with Crippen LogP contribution in [0.4, 0.5) is 0 Å². The molecular weight excluding hydrogens is 224 g/mol. The Morgan fingerprint density at radius 3 is 2.61 bits per heavy atom. The molecule has 100 valence electrons. The number of morpholine rings is 1. The van der Waals surface area contributed by atoms with Gasteiger partial charge in [0.15, 0.2) is 0 Å². The largest absolute Gasteiger partial charge is 0.374 e. The van der Waals surface area contributed by atoms with E-state index in [0.29, 0.717) is 0 Å². The van der Waals surface area contributed by atoms with Crippen LogP contribution in [0.2, 0.25) is 0 Å². The van der Waals surface area contributed by atoms with Crippen LogP contribution in [0.25, 0.3) is 0 Å². The fourth-order valence-corrected chi connectivity index (χ4v) is 2.33. The Hall–Kier alpha value is -0.900. The van der Waals surface area contributed by atoms with Crippen LogP contribution in [0.1, 0.15) is 25.0 Å². The summed E-state index contributed by atoms with van der Waals surface area (Å²) in [6, 6.07) is 9.01. The average Bonchev–Trinajstić information content (AvgIpc) is 2.40. The Morgan fingerprint density at radius 2 is 2.00 bits per heavy atom. The van der Waals surface area contributed by atoms with Gasteiger partial charge in [0.2, 0.25) is 0 Å². The van der Waals surface area contributed by atoms with Crippen LogP contribution >= 0.6 is 0 Å². The molecule has 1 aliphatic heterocycles. The summed E-state index contributed by atoms with van der Waals surface area (Å²) in [4.78, 5) is 2.43. The summed E-state index contributed by atoms with van der Waals surface area (Å²) >= 11 is 0. The van der Waals surface area contributed by atoms with E-state index >= 15 is 0 Å². The van der Waals surface area contributed by atoms with Crippen LogP contribution in [0.15, 0.2) is 24.3 Å². The minimum Gasteiger partial charge on any atom is -0.374 e. The molecule has 2 N–H and O–H groups in total. The molecule has 0 spiro atoms. The van der Waals surface area contributed by atoms with Crippen LogP contribution in [0, 0.1) is 0 Å². The van der Waals surface area contributed by atoms with Crippen molar-refractivity contribution in [3.8, 4) is 0 Å². The van der Waals surface area contributed by atoms with Crippen molar-refractivity contribution >= 4 is 0 Å². The Labute approximate surface area is 110 Å². The minimum absolute atomic E-state index is 0.107. The zero-order valence-electron chi connectivity index (χ0n) is 11.4. The molecule has 1 aromatic rings. The van der Waals surface area contributed by atoms with E-state index < -0.39 is 0 Å². The van der Waals surface area contributed by atoms with Crippen molar-refractivity contribution in [2.75, 3.05) is 19.7 Å². The maximum atomic E-state index is 5.91. The van der Waals surface area contributed by atoms with Crippen molar-refractivity contribution in [2.45, 2.75) is 39.0 Å². The maximum Gasteiger partial charge on any atom is 0.0850 e. The molecule has 2 rings (SSSR count). The average molecular weight is 248 g/mol. The smallest absolute Gasteiger partial charge is 0.0850 e. The van der Waals surface area contributed by atoms with Gasteiger partial charge >= 0.3 is 0 Å². The molecule has 2 unspecified atom stereocenters. The quantitative estimate of drug-likeness (QED) is 0.883. The van der Waals surface area contributed by atoms with Crippen molar-refractivity contribution in [3.05, 3.63) is 35.4 Å². The summed E-state index contributed by atoms with van der Waals surface area (Å²) in [5, 5.41) is 0. The normalized spacial score (nSPS) is 22.9. The monoisotopic (exact) mass is 248 g/mol. The van der Waals surface area contributed by atoms with Crippen molar-refractivity contribution in [2.24, 2.45) is 5.73 Å². The molecule has 0 aromatic heterocycles. The standard InChI is InChI=1S/C15H24N2O/c1-3-13-4-6-14(7-5-13)10-17-8-9-18-15(11-17)12(2)16/h4-7,12,15H,3,8-11,16H2,1-2H3. The second kappa shape index (κ2) is 6.32. The first-order valence-electron chi connectivity index (χ1n) is 6.86. The van der Waals surface area contributed by atoms with E-state index in [1.54, 1.807) is 0 Å². The zero-order valence-corrected chi connectivity index (χ0v) is 11.4. The summed E-state index contributed by atoms with van der Waals surface area (Å²) < 4.78 is 5.68. The molecule has 0 radical (unpaired) electrons. The molecule has 0 amide bonds. The van der Waals surface area contributed by atoms with Crippen LogP contribution < -0.4 is 5.73 Å². The van der Waals surface area contributed by atoms with Gasteiger partial charge in [0.1, 0.15) is 0 Å². The fraction of sp³-hybridized carbons (Fsp3) is 0.600. The first-order valence-corrected chi connectivity index (χ1v) is 6.86. The predicted molar refractivity (Wildman–Crippen MR) is 74.5 cm³/mol. The van der Waals surface area contributed by atoms with Crippen LogP contribution in [-0.2, 0) is 17.7 Å². The number of rotatable bonds is 4. The number of ether oxygens (including phenoxy) is 1. The van der Waals surface area contributed by atoms with Crippen LogP contribution in [0.3, 0.4) is 0 Å². The molecule has 0 aliphatic carbocycles. The maximum absolute atomic E-state index is 5.91. The Bertz CT molecular complexity index is 361. The SMILES string of the molecule is CCc1ccc(CN2CCOC(C(C)N)C2)cc1. The molecule has 1 saturated heterocycles. The van der Waals surface area contributed by atoms with Crippen molar-refractivity contribution < 1.29 is 4.74 Å². The van der Waals surface area contributed by atoms with Gasteiger partial charge in [-0.2, -0.15) is 0 Å². The lowest BCUT2D eigenvalue weighted by Crippen LogP contribution is -2.49. The predicted octanol–water partition coefficient (Wildman–Crippen LogP) is 1.80. The van der Waals surface area contributed by atoms with Crippen molar-refractivity contribution in [3.63, 3.8) is 0 Å². The molecule has 3 heteroatoms. The minimum atomic E-state index is 0.107. The van der Waals surface area contributed by atoms with Gasteiger partial charge in [0.05, 0.1) is 12.7 Å². The van der Waals surface area contributed by atoms with Gasteiger partial charge in [-0.25, -0.2) is 0 Å². The zero-order chi connectivity index (χ0) is 13.0. The van der Waals surface area contributed by atoms with E-state index in [9.17, 15) is 0 Å². The van der Waals surface area contributed by atoms with Gasteiger partial charge in [0, 0.05) is 25.7 Å². The summed E-state index contributed by atoms with van der Waals surface area (Å²) in [6.07, 6.45) is 1.28. The van der Waals surface area contributed by atoms with E-state index in [1.807, 2.05) is 6.92 Å². The number of hydrogen-bond donors (Lipinski definition) is 1. The summed E-state index contributed by atoms with van der Waals surface area (Å²) in [6.45, 7) is 7.93. The second-order valence-electron chi connectivity index (χ2n) is 5.17. The van der Waals surface area contributed by atoms with Crippen LogP contribution in [-0.4, -0.2) is 36.7 Å². The van der Waals surface area contributed by atoms with E-state index in [2.05, 4.69) is 36.1 Å². The highest BCUT2D eigenvalue weighted by atomic mass is 16.5. The van der Waals surface area contributed by atoms with Gasteiger partial charge in [-0.05, 0) is 24.5 Å². The van der Waals surface area contributed by atoms with Gasteiger partial charge < -0.3 is 10.5 Å². The summed E-state index contributed by atoms with van der Waals surface area (Å²) in [5.41, 5.74) is 8.68. The van der Waals surface area contributed by atoms with E-state index in [1.165, 1.54) is 11.1 Å². The lowest BCUT2D eigenvalue weighted by molar-refractivity contribution is -0.0403. The number of benzene rings is 1. The van der Waals surface area contributed by atoms with E-state index in [0.717, 1.165) is 32.7 Å². The molecule has 18 heavy (non-hydrogen) atoms. The number of nitrogens with two attached hydrogens (primary N) is 1. The number of hydrogen-bond acceptors (Lipinski definition) is 3. The fourth-order valence-electron chi connectivity index (χ4n) is 2.33. The lowest BCUT2D eigenvalue weighted by Gasteiger charge is -2.34. The third kappa shape index (κ3) is 3.55. The van der Waals surface area contributed by atoms with E-state index in [4.69, 9.17) is 10.5 Å². The third-order valence-electron chi connectivity index (χ3n) is 3.60. The molecule has 1 aliphatic rings. The molecule has 0 bridgehead atoms. The summed E-state index contributed by atoms with van der Waals surface area (Å²) in [5.74, 6) is 0. The van der Waals surface area contributed by atoms with Gasteiger partial charge in [-0.1, -0.05) is 31.2 Å². The number of nitrogens with zero attached hydrogens (tertiary/aromatic N) is 1. The van der Waals surface area contributed by atoms with Crippen molar-refractivity contribution in [1.82, 2.24) is 4.90 Å². The molecule has 1 aromatic carbocycles.